The predicted octanol–water partition coefficient (Wildman–Crippen LogP) is 4.32. The second-order valence-corrected chi connectivity index (χ2v) is 5.90. The van der Waals surface area contributed by atoms with E-state index in [1.807, 2.05) is 25.1 Å². The van der Waals surface area contributed by atoms with Crippen LogP contribution in [0.5, 0.6) is 5.75 Å². The molecule has 3 atom stereocenters. The Morgan fingerprint density at radius 2 is 2.17 bits per heavy atom. The second-order valence-electron chi connectivity index (χ2n) is 5.49. The van der Waals surface area contributed by atoms with Crippen molar-refractivity contribution >= 4 is 11.6 Å². The summed E-state index contributed by atoms with van der Waals surface area (Å²) in [5.74, 6) is 1.55. The molecule has 0 heterocycles. The molecule has 2 N–H and O–H groups in total. The van der Waals surface area contributed by atoms with Gasteiger partial charge in [0.2, 0.25) is 0 Å². The van der Waals surface area contributed by atoms with Gasteiger partial charge in [0.1, 0.15) is 5.75 Å². The van der Waals surface area contributed by atoms with Crippen LogP contribution in [0.2, 0.25) is 5.02 Å². The molecule has 0 radical (unpaired) electrons. The molecule has 0 amide bonds. The molecule has 3 unspecified atom stereocenters. The van der Waals surface area contributed by atoms with Gasteiger partial charge in [0, 0.05) is 6.04 Å². The fraction of sp³-hybridized carbons (Fsp3) is 0.600. The molecule has 1 fully saturated rings. The SMILES string of the molecule is CC1CCCC(Oc2ccc(C(C)N)cc2Cl)C1. The van der Waals surface area contributed by atoms with E-state index in [9.17, 15) is 0 Å². The lowest BCUT2D eigenvalue weighted by atomic mass is 9.89. The van der Waals surface area contributed by atoms with Gasteiger partial charge in [0.05, 0.1) is 11.1 Å². The van der Waals surface area contributed by atoms with Crippen LogP contribution < -0.4 is 10.5 Å². The third-order valence-corrected chi connectivity index (χ3v) is 3.96. The van der Waals surface area contributed by atoms with Crippen LogP contribution in [-0.4, -0.2) is 6.10 Å². The molecule has 1 aliphatic carbocycles. The van der Waals surface area contributed by atoms with E-state index in [0.717, 1.165) is 30.1 Å². The van der Waals surface area contributed by atoms with Crippen LogP contribution in [0.25, 0.3) is 0 Å². The first-order chi connectivity index (χ1) is 8.56. The zero-order valence-electron chi connectivity index (χ0n) is 11.2. The number of hydrogen-bond donors (Lipinski definition) is 1. The molecule has 1 aliphatic rings. The van der Waals surface area contributed by atoms with Gasteiger partial charge in [-0.2, -0.15) is 0 Å². The Morgan fingerprint density at radius 1 is 1.39 bits per heavy atom. The molecule has 18 heavy (non-hydrogen) atoms. The van der Waals surface area contributed by atoms with Crippen molar-refractivity contribution < 1.29 is 4.74 Å². The molecule has 1 aromatic rings. The van der Waals surface area contributed by atoms with Crippen LogP contribution in [0.15, 0.2) is 18.2 Å². The van der Waals surface area contributed by atoms with Crippen LogP contribution >= 0.6 is 11.6 Å². The first kappa shape index (κ1) is 13.7. The molecule has 0 aromatic heterocycles. The number of rotatable bonds is 3. The van der Waals surface area contributed by atoms with E-state index < -0.39 is 0 Å². The van der Waals surface area contributed by atoms with Gasteiger partial charge in [-0.05, 0) is 49.8 Å². The summed E-state index contributed by atoms with van der Waals surface area (Å²) >= 11 is 6.25. The molecule has 1 aromatic carbocycles. The highest BCUT2D eigenvalue weighted by Crippen LogP contribution is 2.32. The summed E-state index contributed by atoms with van der Waals surface area (Å²) in [5, 5.41) is 0.669. The Morgan fingerprint density at radius 3 is 2.78 bits per heavy atom. The maximum absolute atomic E-state index is 6.25. The van der Waals surface area contributed by atoms with Crippen LogP contribution in [0.3, 0.4) is 0 Å². The molecule has 2 nitrogen and oxygen atoms in total. The molecule has 2 rings (SSSR count). The highest BCUT2D eigenvalue weighted by molar-refractivity contribution is 6.32. The minimum Gasteiger partial charge on any atom is -0.489 e. The van der Waals surface area contributed by atoms with Gasteiger partial charge >= 0.3 is 0 Å². The normalized spacial score (nSPS) is 25.8. The molecule has 0 aliphatic heterocycles. The standard InChI is InChI=1S/C15H22ClNO/c1-10-4-3-5-13(8-10)18-15-7-6-12(11(2)17)9-14(15)16/h6-7,9-11,13H,3-5,8,17H2,1-2H3. The van der Waals surface area contributed by atoms with Gasteiger partial charge in [-0.15, -0.1) is 0 Å². The van der Waals surface area contributed by atoms with Crippen molar-refractivity contribution in [1.29, 1.82) is 0 Å². The molecule has 0 spiro atoms. The fourth-order valence-electron chi connectivity index (χ4n) is 2.56. The van der Waals surface area contributed by atoms with Crippen LogP contribution in [0, 0.1) is 5.92 Å². The third kappa shape index (κ3) is 3.39. The molecular weight excluding hydrogens is 246 g/mol. The van der Waals surface area contributed by atoms with Gasteiger partial charge in [0.15, 0.2) is 0 Å². The first-order valence-electron chi connectivity index (χ1n) is 6.78. The van der Waals surface area contributed by atoms with Crippen molar-refractivity contribution in [3.05, 3.63) is 28.8 Å². The van der Waals surface area contributed by atoms with Crippen LogP contribution in [0.1, 0.15) is 51.1 Å². The summed E-state index contributed by atoms with van der Waals surface area (Å²) in [6.07, 6.45) is 5.15. The number of ether oxygens (including phenoxy) is 1. The van der Waals surface area contributed by atoms with E-state index >= 15 is 0 Å². The summed E-state index contributed by atoms with van der Waals surface area (Å²) in [5.41, 5.74) is 6.88. The van der Waals surface area contributed by atoms with Gasteiger partial charge in [-0.1, -0.05) is 31.0 Å². The van der Waals surface area contributed by atoms with Gasteiger partial charge < -0.3 is 10.5 Å². The molecule has 3 heteroatoms. The largest absolute Gasteiger partial charge is 0.489 e. The zero-order valence-corrected chi connectivity index (χ0v) is 11.9. The maximum Gasteiger partial charge on any atom is 0.138 e. The second kappa shape index (κ2) is 5.94. The quantitative estimate of drug-likeness (QED) is 0.885. The summed E-state index contributed by atoms with van der Waals surface area (Å²) in [4.78, 5) is 0. The van der Waals surface area contributed by atoms with E-state index in [-0.39, 0.29) is 6.04 Å². The highest BCUT2D eigenvalue weighted by atomic mass is 35.5. The molecule has 1 saturated carbocycles. The van der Waals surface area contributed by atoms with Gasteiger partial charge in [-0.3, -0.25) is 0 Å². The van der Waals surface area contributed by atoms with Crippen molar-refractivity contribution in [2.45, 2.75) is 51.7 Å². The Hall–Kier alpha value is -0.730. The van der Waals surface area contributed by atoms with Crippen molar-refractivity contribution in [2.24, 2.45) is 11.7 Å². The Bertz CT molecular complexity index is 405. The third-order valence-electron chi connectivity index (χ3n) is 3.66. The van der Waals surface area contributed by atoms with E-state index in [4.69, 9.17) is 22.1 Å². The monoisotopic (exact) mass is 267 g/mol. The number of nitrogens with two attached hydrogens (primary N) is 1. The lowest BCUT2D eigenvalue weighted by Crippen LogP contribution is -2.24. The van der Waals surface area contributed by atoms with Crippen molar-refractivity contribution in [2.75, 3.05) is 0 Å². The predicted molar refractivity (Wildman–Crippen MR) is 76.1 cm³/mol. The van der Waals surface area contributed by atoms with E-state index in [1.54, 1.807) is 0 Å². The lowest BCUT2D eigenvalue weighted by Gasteiger charge is -2.27. The molecule has 0 saturated heterocycles. The highest BCUT2D eigenvalue weighted by Gasteiger charge is 2.21. The summed E-state index contributed by atoms with van der Waals surface area (Å²) < 4.78 is 6.02. The number of hydrogen-bond acceptors (Lipinski definition) is 2. The van der Waals surface area contributed by atoms with E-state index in [2.05, 4.69) is 6.92 Å². The fourth-order valence-corrected chi connectivity index (χ4v) is 2.79. The number of benzene rings is 1. The topological polar surface area (TPSA) is 35.2 Å². The summed E-state index contributed by atoms with van der Waals surface area (Å²) in [6.45, 7) is 4.24. The average Bonchev–Trinajstić information content (AvgIpc) is 2.31. The Labute approximate surface area is 114 Å². The minimum absolute atomic E-state index is 0.00579. The average molecular weight is 268 g/mol. The van der Waals surface area contributed by atoms with Crippen molar-refractivity contribution in [3.63, 3.8) is 0 Å². The number of halogens is 1. The maximum atomic E-state index is 6.25. The minimum atomic E-state index is 0.00579. The van der Waals surface area contributed by atoms with Gasteiger partial charge in [-0.25, -0.2) is 0 Å². The zero-order chi connectivity index (χ0) is 13.1. The lowest BCUT2D eigenvalue weighted by molar-refractivity contribution is 0.129. The van der Waals surface area contributed by atoms with E-state index in [1.165, 1.54) is 12.8 Å². The molecular formula is C15H22ClNO. The van der Waals surface area contributed by atoms with Gasteiger partial charge in [0.25, 0.3) is 0 Å². The Balaban J connectivity index is 2.05. The Kier molecular flexibility index (Phi) is 4.52. The van der Waals surface area contributed by atoms with Crippen LogP contribution in [-0.2, 0) is 0 Å². The van der Waals surface area contributed by atoms with Crippen molar-refractivity contribution in [1.82, 2.24) is 0 Å². The summed E-state index contributed by atoms with van der Waals surface area (Å²) in [6, 6.07) is 5.86. The van der Waals surface area contributed by atoms with E-state index in [0.29, 0.717) is 11.1 Å². The van der Waals surface area contributed by atoms with Crippen LogP contribution in [0.4, 0.5) is 0 Å². The summed E-state index contributed by atoms with van der Waals surface area (Å²) in [7, 11) is 0. The first-order valence-corrected chi connectivity index (χ1v) is 7.15. The van der Waals surface area contributed by atoms with Crippen molar-refractivity contribution in [3.8, 4) is 5.75 Å². The molecule has 100 valence electrons. The smallest absolute Gasteiger partial charge is 0.138 e. The molecule has 0 bridgehead atoms.